The molecule has 1 heterocycles. The van der Waals surface area contributed by atoms with Crippen LogP contribution in [0.1, 0.15) is 54.2 Å². The van der Waals surface area contributed by atoms with Crippen LogP contribution in [0, 0.1) is 6.92 Å². The molecule has 1 aromatic carbocycles. The lowest BCUT2D eigenvalue weighted by Crippen LogP contribution is -2.30. The van der Waals surface area contributed by atoms with Gasteiger partial charge in [-0.3, -0.25) is 4.79 Å². The van der Waals surface area contributed by atoms with E-state index in [1.165, 1.54) is 42.5 Å². The Morgan fingerprint density at radius 2 is 1.77 bits per heavy atom. The maximum atomic E-state index is 12.4. The van der Waals surface area contributed by atoms with Gasteiger partial charge in [-0.1, -0.05) is 13.3 Å². The molecule has 0 aliphatic heterocycles. The number of hydrogen-bond donors (Lipinski definition) is 2. The van der Waals surface area contributed by atoms with Gasteiger partial charge < -0.3 is 10.1 Å². The third-order valence-electron chi connectivity index (χ3n) is 4.22. The Morgan fingerprint density at radius 1 is 1.13 bits per heavy atom. The molecule has 2 N–H and O–H groups in total. The molecule has 1 unspecified atom stereocenters. The van der Waals surface area contributed by atoms with Gasteiger partial charge in [0.05, 0.1) is 4.90 Å². The first-order valence-corrected chi connectivity index (χ1v) is 12.1. The summed E-state index contributed by atoms with van der Waals surface area (Å²) in [4.78, 5) is 26.4. The van der Waals surface area contributed by atoms with Crippen molar-refractivity contribution in [3.05, 3.63) is 45.6 Å². The Hall–Kier alpha value is -2.23. The predicted molar refractivity (Wildman–Crippen MR) is 118 cm³/mol. The number of esters is 1. The largest absolute Gasteiger partial charge is 0.448 e. The van der Waals surface area contributed by atoms with E-state index < -0.39 is 28.0 Å². The molecule has 0 aliphatic rings. The van der Waals surface area contributed by atoms with Crippen LogP contribution in [0.25, 0.3) is 0 Å². The highest BCUT2D eigenvalue weighted by Gasteiger charge is 2.21. The van der Waals surface area contributed by atoms with Crippen LogP contribution >= 0.6 is 11.3 Å². The van der Waals surface area contributed by atoms with E-state index in [1.807, 2.05) is 13.0 Å². The van der Waals surface area contributed by atoms with Crippen molar-refractivity contribution in [2.75, 3.05) is 5.32 Å². The number of ether oxygens (including phenoxy) is 1. The van der Waals surface area contributed by atoms with Gasteiger partial charge in [0.15, 0.2) is 6.10 Å². The van der Waals surface area contributed by atoms with E-state index in [0.29, 0.717) is 10.6 Å². The molecule has 7 nitrogen and oxygen atoms in total. The van der Waals surface area contributed by atoms with Crippen LogP contribution in [0.2, 0.25) is 0 Å². The topological polar surface area (TPSA) is 102 Å². The summed E-state index contributed by atoms with van der Waals surface area (Å²) in [5.74, 6) is -1.03. The Morgan fingerprint density at radius 3 is 2.33 bits per heavy atom. The van der Waals surface area contributed by atoms with Gasteiger partial charge in [-0.2, -0.15) is 0 Å². The van der Waals surface area contributed by atoms with E-state index >= 15 is 0 Å². The van der Waals surface area contributed by atoms with Gasteiger partial charge in [-0.05, 0) is 70.0 Å². The molecule has 1 amide bonds. The summed E-state index contributed by atoms with van der Waals surface area (Å²) < 4.78 is 32.1. The monoisotopic (exact) mass is 452 g/mol. The van der Waals surface area contributed by atoms with E-state index in [1.54, 1.807) is 13.8 Å². The van der Waals surface area contributed by atoms with Crippen molar-refractivity contribution in [3.63, 3.8) is 0 Å². The maximum absolute atomic E-state index is 12.4. The molecule has 2 rings (SSSR count). The van der Waals surface area contributed by atoms with Gasteiger partial charge in [0.25, 0.3) is 5.91 Å². The van der Waals surface area contributed by atoms with E-state index in [0.717, 1.165) is 23.3 Å². The van der Waals surface area contributed by atoms with Crippen LogP contribution in [-0.2, 0) is 26.0 Å². The van der Waals surface area contributed by atoms with Crippen LogP contribution in [0.3, 0.4) is 0 Å². The Labute approximate surface area is 181 Å². The Balaban J connectivity index is 1.98. The molecule has 0 saturated carbocycles. The molecule has 0 saturated heterocycles. The normalized spacial score (nSPS) is 12.6. The van der Waals surface area contributed by atoms with Crippen LogP contribution in [0.5, 0.6) is 0 Å². The second kappa shape index (κ2) is 10.2. The fraction of sp³-hybridized carbons (Fsp3) is 0.429. The predicted octanol–water partition coefficient (Wildman–Crippen LogP) is 3.88. The summed E-state index contributed by atoms with van der Waals surface area (Å²) in [6, 6.07) is 7.37. The zero-order chi connectivity index (χ0) is 22.5. The number of carbonyl (C=O) groups excluding carboxylic acids is 2. The maximum Gasteiger partial charge on any atom is 0.349 e. The summed E-state index contributed by atoms with van der Waals surface area (Å²) >= 11 is 1.36. The first-order chi connectivity index (χ1) is 14.0. The SMILES string of the molecule is CCCc1cc(C(=O)OC(C)C(=O)Nc2ccc(S(=O)(=O)NC(C)C)cc2)sc1C. The molecule has 2 aromatic rings. The number of hydrogen-bond acceptors (Lipinski definition) is 6. The summed E-state index contributed by atoms with van der Waals surface area (Å²) in [6.07, 6.45) is 0.878. The van der Waals surface area contributed by atoms with Crippen molar-refractivity contribution in [2.45, 2.75) is 64.5 Å². The molecule has 0 spiro atoms. The highest BCUT2D eigenvalue weighted by Crippen LogP contribution is 2.24. The van der Waals surface area contributed by atoms with Gasteiger partial charge in [-0.15, -0.1) is 11.3 Å². The lowest BCUT2D eigenvalue weighted by Gasteiger charge is -2.14. The third-order valence-corrected chi connectivity index (χ3v) is 6.96. The molecule has 0 bridgehead atoms. The quantitative estimate of drug-likeness (QED) is 0.562. The molecular weight excluding hydrogens is 424 g/mol. The van der Waals surface area contributed by atoms with Crippen molar-refractivity contribution in [3.8, 4) is 0 Å². The zero-order valence-corrected chi connectivity index (χ0v) is 19.4. The molecule has 164 valence electrons. The van der Waals surface area contributed by atoms with Gasteiger partial charge in [0.2, 0.25) is 10.0 Å². The minimum Gasteiger partial charge on any atom is -0.448 e. The van der Waals surface area contributed by atoms with E-state index in [-0.39, 0.29) is 10.9 Å². The molecule has 9 heteroatoms. The Bertz CT molecular complexity index is 995. The minimum absolute atomic E-state index is 0.102. The summed E-state index contributed by atoms with van der Waals surface area (Å²) in [6.45, 7) is 8.99. The van der Waals surface area contributed by atoms with E-state index in [2.05, 4.69) is 17.0 Å². The second-order valence-electron chi connectivity index (χ2n) is 7.28. The first-order valence-electron chi connectivity index (χ1n) is 9.77. The molecular formula is C21H28N2O5S2. The average molecular weight is 453 g/mol. The number of benzene rings is 1. The van der Waals surface area contributed by atoms with Crippen molar-refractivity contribution in [1.82, 2.24) is 4.72 Å². The summed E-state index contributed by atoms with van der Waals surface area (Å²) in [5, 5.41) is 2.63. The third kappa shape index (κ3) is 6.38. The number of carbonyl (C=O) groups is 2. The van der Waals surface area contributed by atoms with Gasteiger partial charge in [0, 0.05) is 16.6 Å². The van der Waals surface area contributed by atoms with Crippen molar-refractivity contribution < 1.29 is 22.7 Å². The molecule has 1 atom stereocenters. The number of sulfonamides is 1. The lowest BCUT2D eigenvalue weighted by atomic mass is 10.1. The summed E-state index contributed by atoms with van der Waals surface area (Å²) in [5.41, 5.74) is 1.53. The first kappa shape index (κ1) is 24.0. The second-order valence-corrected chi connectivity index (χ2v) is 10.2. The van der Waals surface area contributed by atoms with Crippen LogP contribution in [0.15, 0.2) is 35.2 Å². The zero-order valence-electron chi connectivity index (χ0n) is 17.8. The van der Waals surface area contributed by atoms with Gasteiger partial charge in [-0.25, -0.2) is 17.9 Å². The van der Waals surface area contributed by atoms with Crippen LogP contribution in [-0.4, -0.2) is 32.4 Å². The fourth-order valence-electron chi connectivity index (χ4n) is 2.75. The van der Waals surface area contributed by atoms with E-state index in [9.17, 15) is 18.0 Å². The minimum atomic E-state index is -3.60. The van der Waals surface area contributed by atoms with Gasteiger partial charge in [0.1, 0.15) is 4.88 Å². The van der Waals surface area contributed by atoms with Crippen molar-refractivity contribution >= 4 is 38.9 Å². The fourth-order valence-corrected chi connectivity index (χ4v) is 4.96. The van der Waals surface area contributed by atoms with Crippen LogP contribution in [0.4, 0.5) is 5.69 Å². The number of anilines is 1. The molecule has 0 radical (unpaired) electrons. The smallest absolute Gasteiger partial charge is 0.349 e. The highest BCUT2D eigenvalue weighted by atomic mass is 32.2. The molecule has 1 aromatic heterocycles. The van der Waals surface area contributed by atoms with Crippen molar-refractivity contribution in [2.24, 2.45) is 0 Å². The van der Waals surface area contributed by atoms with E-state index in [4.69, 9.17) is 4.74 Å². The molecule has 30 heavy (non-hydrogen) atoms. The number of rotatable bonds is 9. The highest BCUT2D eigenvalue weighted by molar-refractivity contribution is 7.89. The number of amides is 1. The lowest BCUT2D eigenvalue weighted by molar-refractivity contribution is -0.123. The standard InChI is InChI=1S/C21H28N2O5S2/c1-6-7-16-12-19(29-15(16)5)21(25)28-14(4)20(24)22-17-8-10-18(11-9-17)30(26,27)23-13(2)3/h8-14,23H,6-7H2,1-5H3,(H,22,24). The number of aryl methyl sites for hydroxylation is 2. The molecule has 0 aliphatic carbocycles. The van der Waals surface area contributed by atoms with Crippen molar-refractivity contribution in [1.29, 1.82) is 0 Å². The summed E-state index contributed by atoms with van der Waals surface area (Å²) in [7, 11) is -3.60. The van der Waals surface area contributed by atoms with Crippen LogP contribution < -0.4 is 10.0 Å². The number of nitrogens with one attached hydrogen (secondary N) is 2. The molecule has 0 fully saturated rings. The Kier molecular flexibility index (Phi) is 8.17. The number of thiophene rings is 1. The van der Waals surface area contributed by atoms with Gasteiger partial charge >= 0.3 is 5.97 Å². The average Bonchev–Trinajstić information content (AvgIpc) is 3.02.